The Kier molecular flexibility index (Phi) is 4.97. The zero-order chi connectivity index (χ0) is 21.4. The molecule has 2 aliphatic heterocycles. The van der Waals surface area contributed by atoms with Crippen molar-refractivity contribution in [2.24, 2.45) is 5.41 Å². The molecule has 1 spiro atoms. The molecule has 2 heterocycles. The summed E-state index contributed by atoms with van der Waals surface area (Å²) in [5.41, 5.74) is 2.68. The number of likely N-dealkylation sites (tertiary alicyclic amines) is 1. The molecule has 3 aromatic rings. The number of anilines is 1. The molecule has 0 saturated carbocycles. The molecule has 1 amide bonds. The first kappa shape index (κ1) is 19.7. The van der Waals surface area contributed by atoms with Gasteiger partial charge in [-0.25, -0.2) is 8.78 Å². The Balaban J connectivity index is 1.37. The molecule has 0 bridgehead atoms. The lowest BCUT2D eigenvalue weighted by molar-refractivity contribution is 0.0271. The van der Waals surface area contributed by atoms with Crippen LogP contribution in [0.2, 0.25) is 0 Å². The van der Waals surface area contributed by atoms with Gasteiger partial charge in [-0.3, -0.25) is 4.79 Å². The van der Waals surface area contributed by atoms with Gasteiger partial charge in [0.2, 0.25) is 0 Å². The molecule has 5 heteroatoms. The lowest BCUT2D eigenvalue weighted by Gasteiger charge is -2.61. The maximum atomic E-state index is 13.9. The summed E-state index contributed by atoms with van der Waals surface area (Å²) in [6.45, 7) is 2.17. The molecule has 1 atom stereocenters. The van der Waals surface area contributed by atoms with Gasteiger partial charge in [-0.2, -0.15) is 0 Å². The molecule has 5 rings (SSSR count). The standard InChI is InChI=1S/C26H24F2N2O/c27-21-11-9-20(10-12-21)25(31)29-15-13-26(14-16-29)18-30(23-8-4-7-22(28)17-23)24(26)19-5-2-1-3-6-19/h1-12,17,24H,13-16,18H2. The molecule has 0 radical (unpaired) electrons. The summed E-state index contributed by atoms with van der Waals surface area (Å²) in [6.07, 6.45) is 1.76. The van der Waals surface area contributed by atoms with Crippen molar-refractivity contribution in [1.29, 1.82) is 0 Å². The second-order valence-electron chi connectivity index (χ2n) is 8.58. The fourth-order valence-corrected chi connectivity index (χ4v) is 5.16. The number of halogens is 2. The van der Waals surface area contributed by atoms with E-state index in [4.69, 9.17) is 0 Å². The van der Waals surface area contributed by atoms with Gasteiger partial charge in [-0.05, 0) is 60.9 Å². The molecule has 1 unspecified atom stereocenters. The summed E-state index contributed by atoms with van der Waals surface area (Å²) in [5.74, 6) is -0.621. The average molecular weight is 418 g/mol. The molecule has 0 aromatic heterocycles. The van der Waals surface area contributed by atoms with E-state index in [1.165, 1.54) is 23.8 Å². The normalized spacial score (nSPS) is 19.9. The Hall–Kier alpha value is -3.21. The van der Waals surface area contributed by atoms with E-state index < -0.39 is 0 Å². The number of hydrogen-bond acceptors (Lipinski definition) is 2. The highest BCUT2D eigenvalue weighted by Gasteiger charge is 2.54. The summed E-state index contributed by atoms with van der Waals surface area (Å²) in [5, 5.41) is 0. The molecule has 2 saturated heterocycles. The Labute approximate surface area is 180 Å². The van der Waals surface area contributed by atoms with Crippen molar-refractivity contribution >= 4 is 11.6 Å². The third-order valence-corrected chi connectivity index (χ3v) is 6.77. The van der Waals surface area contributed by atoms with Crippen LogP contribution in [0, 0.1) is 17.0 Å². The van der Waals surface area contributed by atoms with Gasteiger partial charge in [0.25, 0.3) is 5.91 Å². The van der Waals surface area contributed by atoms with E-state index in [1.807, 2.05) is 29.2 Å². The highest BCUT2D eigenvalue weighted by Crippen LogP contribution is 2.56. The van der Waals surface area contributed by atoms with Gasteiger partial charge in [0.05, 0.1) is 6.04 Å². The van der Waals surface area contributed by atoms with Crippen LogP contribution in [0.15, 0.2) is 78.9 Å². The minimum atomic E-state index is -0.341. The quantitative estimate of drug-likeness (QED) is 0.565. The summed E-state index contributed by atoms with van der Waals surface area (Å²) in [7, 11) is 0. The van der Waals surface area contributed by atoms with Crippen LogP contribution in [-0.4, -0.2) is 30.4 Å². The first-order chi connectivity index (χ1) is 15.1. The smallest absolute Gasteiger partial charge is 0.253 e. The minimum Gasteiger partial charge on any atom is -0.363 e. The topological polar surface area (TPSA) is 23.6 Å². The first-order valence-electron chi connectivity index (χ1n) is 10.7. The second-order valence-corrected chi connectivity index (χ2v) is 8.58. The molecule has 0 aliphatic carbocycles. The van der Waals surface area contributed by atoms with Gasteiger partial charge in [0.1, 0.15) is 11.6 Å². The number of nitrogens with zero attached hydrogens (tertiary/aromatic N) is 2. The Bertz CT molecular complexity index is 1080. The first-order valence-corrected chi connectivity index (χ1v) is 10.7. The summed E-state index contributed by atoms with van der Waals surface area (Å²) < 4.78 is 27.1. The lowest BCUT2D eigenvalue weighted by atomic mass is 9.63. The molecule has 31 heavy (non-hydrogen) atoms. The number of piperidine rings is 1. The van der Waals surface area contributed by atoms with Crippen molar-refractivity contribution in [1.82, 2.24) is 4.90 Å². The van der Waals surface area contributed by atoms with E-state index in [-0.39, 0.29) is 29.0 Å². The van der Waals surface area contributed by atoms with Crippen LogP contribution in [0.25, 0.3) is 0 Å². The number of hydrogen-bond donors (Lipinski definition) is 0. The molecule has 158 valence electrons. The van der Waals surface area contributed by atoms with Gasteiger partial charge < -0.3 is 9.80 Å². The SMILES string of the molecule is O=C(c1ccc(F)cc1)N1CCC2(CC1)CN(c1cccc(F)c1)C2c1ccccc1. The van der Waals surface area contributed by atoms with E-state index in [1.54, 1.807) is 24.3 Å². The van der Waals surface area contributed by atoms with E-state index in [9.17, 15) is 13.6 Å². The maximum absolute atomic E-state index is 13.9. The predicted octanol–water partition coefficient (Wildman–Crippen LogP) is 5.45. The number of amides is 1. The fraction of sp³-hybridized carbons (Fsp3) is 0.269. The number of carbonyl (C=O) groups excluding carboxylic acids is 1. The third kappa shape index (κ3) is 3.58. The average Bonchev–Trinajstić information content (AvgIpc) is 2.78. The van der Waals surface area contributed by atoms with Gasteiger partial charge in [-0.1, -0.05) is 36.4 Å². The van der Waals surface area contributed by atoms with Crippen LogP contribution >= 0.6 is 0 Å². The molecular weight excluding hydrogens is 394 g/mol. The highest BCUT2D eigenvalue weighted by atomic mass is 19.1. The largest absolute Gasteiger partial charge is 0.363 e. The summed E-state index contributed by atoms with van der Waals surface area (Å²) in [4.78, 5) is 17.0. The van der Waals surface area contributed by atoms with Gasteiger partial charge in [-0.15, -0.1) is 0 Å². The highest BCUT2D eigenvalue weighted by molar-refractivity contribution is 5.94. The van der Waals surface area contributed by atoms with Crippen molar-refractivity contribution in [2.75, 3.05) is 24.5 Å². The minimum absolute atomic E-state index is 0.0487. The van der Waals surface area contributed by atoms with Crippen molar-refractivity contribution in [3.05, 3.63) is 102 Å². The monoisotopic (exact) mass is 418 g/mol. The van der Waals surface area contributed by atoms with Gasteiger partial charge in [0.15, 0.2) is 0 Å². The summed E-state index contributed by atoms with van der Waals surface area (Å²) >= 11 is 0. The van der Waals surface area contributed by atoms with E-state index in [2.05, 4.69) is 17.0 Å². The van der Waals surface area contributed by atoms with Crippen LogP contribution in [0.1, 0.15) is 34.8 Å². The van der Waals surface area contributed by atoms with Crippen molar-refractivity contribution in [3.8, 4) is 0 Å². The van der Waals surface area contributed by atoms with Crippen LogP contribution < -0.4 is 4.90 Å². The Morgan fingerprint density at radius 3 is 2.23 bits per heavy atom. The lowest BCUT2D eigenvalue weighted by Crippen LogP contribution is -2.62. The second kappa shape index (κ2) is 7.80. The molecule has 3 nitrogen and oxygen atoms in total. The van der Waals surface area contributed by atoms with Crippen LogP contribution in [-0.2, 0) is 0 Å². The van der Waals surface area contributed by atoms with E-state index in [0.717, 1.165) is 25.1 Å². The number of benzene rings is 3. The predicted molar refractivity (Wildman–Crippen MR) is 117 cm³/mol. The van der Waals surface area contributed by atoms with Crippen LogP contribution in [0.4, 0.5) is 14.5 Å². The molecule has 3 aromatic carbocycles. The van der Waals surface area contributed by atoms with Gasteiger partial charge >= 0.3 is 0 Å². The fourth-order valence-electron chi connectivity index (χ4n) is 5.16. The maximum Gasteiger partial charge on any atom is 0.253 e. The third-order valence-electron chi connectivity index (χ3n) is 6.77. The Morgan fingerprint density at radius 2 is 1.55 bits per heavy atom. The van der Waals surface area contributed by atoms with Crippen molar-refractivity contribution in [3.63, 3.8) is 0 Å². The van der Waals surface area contributed by atoms with Crippen LogP contribution in [0.5, 0.6) is 0 Å². The van der Waals surface area contributed by atoms with Gasteiger partial charge in [0, 0.05) is 36.3 Å². The molecule has 2 fully saturated rings. The number of rotatable bonds is 3. The van der Waals surface area contributed by atoms with Crippen LogP contribution in [0.3, 0.4) is 0 Å². The van der Waals surface area contributed by atoms with E-state index >= 15 is 0 Å². The van der Waals surface area contributed by atoms with E-state index in [0.29, 0.717) is 18.7 Å². The van der Waals surface area contributed by atoms with Crippen molar-refractivity contribution < 1.29 is 13.6 Å². The summed E-state index contributed by atoms with van der Waals surface area (Å²) in [6, 6.07) is 23.0. The molecule has 0 N–H and O–H groups in total. The zero-order valence-electron chi connectivity index (χ0n) is 17.2. The Morgan fingerprint density at radius 1 is 0.839 bits per heavy atom. The van der Waals surface area contributed by atoms with Crippen molar-refractivity contribution in [2.45, 2.75) is 18.9 Å². The number of carbonyl (C=O) groups is 1. The molecular formula is C26H24F2N2O. The zero-order valence-corrected chi connectivity index (χ0v) is 17.2. The molecule has 2 aliphatic rings.